The molecule has 5 nitrogen and oxygen atoms in total. The van der Waals surface area contributed by atoms with Gasteiger partial charge in [0.1, 0.15) is 0 Å². The molecule has 0 saturated heterocycles. The van der Waals surface area contributed by atoms with E-state index in [1.807, 2.05) is 30.3 Å². The monoisotopic (exact) mass is 178 g/mol. The van der Waals surface area contributed by atoms with Crippen LogP contribution in [0.15, 0.2) is 35.4 Å². The van der Waals surface area contributed by atoms with Gasteiger partial charge in [-0.25, -0.2) is 0 Å². The first kappa shape index (κ1) is 9.05. The van der Waals surface area contributed by atoms with Crippen LogP contribution in [-0.2, 0) is 0 Å². The van der Waals surface area contributed by atoms with Gasteiger partial charge in [-0.05, 0) is 5.56 Å². The molecule has 0 fully saturated rings. The summed E-state index contributed by atoms with van der Waals surface area (Å²) in [4.78, 5) is 0.160. The molecule has 0 aromatic heterocycles. The summed E-state index contributed by atoms with van der Waals surface area (Å²) in [5.41, 5.74) is 10.8. The number of hydrogen-bond donors (Lipinski definition) is 2. The molecule has 1 aromatic carbocycles. The zero-order chi connectivity index (χ0) is 9.68. The van der Waals surface area contributed by atoms with Crippen LogP contribution >= 0.6 is 0 Å². The van der Waals surface area contributed by atoms with E-state index in [0.29, 0.717) is 0 Å². The topological polar surface area (TPSA) is 90.5 Å². The highest BCUT2D eigenvalue weighted by Crippen LogP contribution is 1.93. The van der Waals surface area contributed by atoms with Crippen LogP contribution in [0.2, 0.25) is 0 Å². The molecular weight excluding hydrogens is 168 g/mol. The van der Waals surface area contributed by atoms with E-state index in [4.69, 9.17) is 11.5 Å². The van der Waals surface area contributed by atoms with Crippen LogP contribution < -0.4 is 11.5 Å². The number of hydrazone groups is 1. The molecule has 4 N–H and O–H groups in total. The Morgan fingerprint density at radius 3 is 2.46 bits per heavy atom. The van der Waals surface area contributed by atoms with Gasteiger partial charge in [0, 0.05) is 0 Å². The van der Waals surface area contributed by atoms with E-state index in [9.17, 15) is 5.21 Å². The van der Waals surface area contributed by atoms with Gasteiger partial charge in [-0.2, -0.15) is 0 Å². The van der Waals surface area contributed by atoms with Crippen molar-refractivity contribution in [3.8, 4) is 0 Å². The van der Waals surface area contributed by atoms with Gasteiger partial charge < -0.3 is 5.21 Å². The number of nitrogens with two attached hydrogens (primary N) is 2. The first-order valence-electron chi connectivity index (χ1n) is 3.64. The van der Waals surface area contributed by atoms with Gasteiger partial charge in [0.15, 0.2) is 0 Å². The van der Waals surface area contributed by atoms with E-state index >= 15 is 0 Å². The fraction of sp³-hybridized carbons (Fsp3) is 0. The maximum Gasteiger partial charge on any atom is 0.366 e. The zero-order valence-electron chi connectivity index (χ0n) is 6.92. The molecule has 0 amide bonds. The first-order chi connectivity index (χ1) is 6.20. The Bertz CT molecular complexity index is 327. The fourth-order valence-electron chi connectivity index (χ4n) is 0.725. The molecule has 0 aliphatic rings. The predicted molar refractivity (Wildman–Crippen MR) is 51.0 cm³/mol. The van der Waals surface area contributed by atoms with Gasteiger partial charge in [-0.1, -0.05) is 30.3 Å². The quantitative estimate of drug-likeness (QED) is 0.216. The lowest BCUT2D eigenvalue weighted by atomic mass is 10.2. The summed E-state index contributed by atoms with van der Waals surface area (Å²) in [7, 11) is 0. The van der Waals surface area contributed by atoms with Crippen molar-refractivity contribution < 1.29 is 4.85 Å². The fourth-order valence-corrected chi connectivity index (χ4v) is 0.725. The second-order valence-electron chi connectivity index (χ2n) is 2.35. The van der Waals surface area contributed by atoms with E-state index in [1.54, 1.807) is 0 Å². The standard InChI is InChI=1S/C8H10N4O/c9-8(10)12(13)11-6-7-4-2-1-3-5-7/h1-6H,9-10H2/b11-6+. The van der Waals surface area contributed by atoms with Crippen molar-refractivity contribution in [1.82, 2.24) is 0 Å². The molecular formula is C8H10N4O. The number of rotatable bonds is 2. The second kappa shape index (κ2) is 4.10. The van der Waals surface area contributed by atoms with Gasteiger partial charge in [-0.15, -0.1) is 9.95 Å². The molecule has 5 heteroatoms. The van der Waals surface area contributed by atoms with E-state index in [1.165, 1.54) is 6.21 Å². The van der Waals surface area contributed by atoms with Crippen LogP contribution in [0, 0.1) is 5.21 Å². The molecule has 1 aromatic rings. The summed E-state index contributed by atoms with van der Waals surface area (Å²) in [5, 5.41) is 14.2. The second-order valence-corrected chi connectivity index (χ2v) is 2.35. The maximum atomic E-state index is 10.7. The van der Waals surface area contributed by atoms with Crippen LogP contribution in [0.25, 0.3) is 0 Å². The highest BCUT2D eigenvalue weighted by molar-refractivity contribution is 5.79. The molecule has 0 saturated carbocycles. The third kappa shape index (κ3) is 2.82. The minimum Gasteiger partial charge on any atom is -0.722 e. The van der Waals surface area contributed by atoms with Gasteiger partial charge >= 0.3 is 5.96 Å². The van der Waals surface area contributed by atoms with Gasteiger partial charge in [-0.3, -0.25) is 11.5 Å². The Balaban J connectivity index is 2.76. The Kier molecular flexibility index (Phi) is 2.86. The molecule has 0 radical (unpaired) electrons. The highest BCUT2D eigenvalue weighted by Gasteiger charge is 1.88. The molecule has 0 atom stereocenters. The lowest BCUT2D eigenvalue weighted by molar-refractivity contribution is -0.463. The van der Waals surface area contributed by atoms with Crippen LogP contribution in [-0.4, -0.2) is 17.0 Å². The van der Waals surface area contributed by atoms with E-state index in [0.717, 1.165) is 5.56 Å². The lowest BCUT2D eigenvalue weighted by Crippen LogP contribution is -2.30. The molecule has 68 valence electrons. The lowest BCUT2D eigenvalue weighted by Gasteiger charge is -2.01. The molecule has 0 aliphatic heterocycles. The minimum absolute atomic E-state index is 0.160. The van der Waals surface area contributed by atoms with Crippen molar-refractivity contribution in [3.63, 3.8) is 0 Å². The van der Waals surface area contributed by atoms with E-state index < -0.39 is 0 Å². The Labute approximate surface area is 75.6 Å². The average molecular weight is 178 g/mol. The molecule has 13 heavy (non-hydrogen) atoms. The summed E-state index contributed by atoms with van der Waals surface area (Å²) in [6.07, 6.45) is 1.38. The largest absolute Gasteiger partial charge is 0.722 e. The molecule has 0 heterocycles. The number of nitrogens with zero attached hydrogens (tertiary/aromatic N) is 2. The number of hydrogen-bond acceptors (Lipinski definition) is 2. The van der Waals surface area contributed by atoms with Crippen molar-refractivity contribution in [2.75, 3.05) is 0 Å². The Morgan fingerprint density at radius 1 is 1.31 bits per heavy atom. The van der Waals surface area contributed by atoms with Gasteiger partial charge in [0.05, 0.1) is 6.21 Å². The third-order valence-corrected chi connectivity index (χ3v) is 1.33. The van der Waals surface area contributed by atoms with Crippen LogP contribution in [0.5, 0.6) is 0 Å². The maximum absolute atomic E-state index is 10.7. The van der Waals surface area contributed by atoms with Crippen LogP contribution in [0.3, 0.4) is 0 Å². The van der Waals surface area contributed by atoms with Crippen molar-refractivity contribution in [2.24, 2.45) is 16.6 Å². The Hall–Kier alpha value is -2.04. The molecule has 0 unspecified atom stereocenters. The highest BCUT2D eigenvalue weighted by atomic mass is 16.5. The smallest absolute Gasteiger partial charge is 0.366 e. The van der Waals surface area contributed by atoms with Gasteiger partial charge in [0.25, 0.3) is 0 Å². The Morgan fingerprint density at radius 2 is 1.92 bits per heavy atom. The van der Waals surface area contributed by atoms with Crippen molar-refractivity contribution >= 4 is 12.2 Å². The SMILES string of the molecule is NC(N)=[N+]([O-])/N=C/c1ccccc1. The predicted octanol–water partition coefficient (Wildman–Crippen LogP) is -0.196. The third-order valence-electron chi connectivity index (χ3n) is 1.33. The normalized spacial score (nSPS) is 10.2. The summed E-state index contributed by atoms with van der Waals surface area (Å²) in [6.45, 7) is 0. The summed E-state index contributed by atoms with van der Waals surface area (Å²) in [6, 6.07) is 9.17. The van der Waals surface area contributed by atoms with Crippen LogP contribution in [0.1, 0.15) is 5.56 Å². The molecule has 0 bridgehead atoms. The van der Waals surface area contributed by atoms with Crippen molar-refractivity contribution in [3.05, 3.63) is 41.1 Å². The number of benzene rings is 1. The molecule has 1 rings (SSSR count). The molecule has 0 aliphatic carbocycles. The minimum atomic E-state index is -0.382. The number of guanidine groups is 1. The van der Waals surface area contributed by atoms with E-state index in [-0.39, 0.29) is 10.8 Å². The van der Waals surface area contributed by atoms with Crippen molar-refractivity contribution in [1.29, 1.82) is 0 Å². The van der Waals surface area contributed by atoms with Crippen LogP contribution in [0.4, 0.5) is 0 Å². The first-order valence-corrected chi connectivity index (χ1v) is 3.64. The summed E-state index contributed by atoms with van der Waals surface area (Å²) < 4.78 is 0. The van der Waals surface area contributed by atoms with Crippen molar-refractivity contribution in [2.45, 2.75) is 0 Å². The summed E-state index contributed by atoms with van der Waals surface area (Å²) in [5.74, 6) is -0.382. The molecule has 0 spiro atoms. The summed E-state index contributed by atoms with van der Waals surface area (Å²) >= 11 is 0. The van der Waals surface area contributed by atoms with Gasteiger partial charge in [0.2, 0.25) is 0 Å². The average Bonchev–Trinajstić information content (AvgIpc) is 2.15. The van der Waals surface area contributed by atoms with E-state index in [2.05, 4.69) is 5.10 Å². The zero-order valence-corrected chi connectivity index (χ0v) is 6.92.